The summed E-state index contributed by atoms with van der Waals surface area (Å²) in [7, 11) is 0. The molecular weight excluding hydrogens is 283 g/mol. The van der Waals surface area contributed by atoms with E-state index in [9.17, 15) is 4.39 Å². The quantitative estimate of drug-likeness (QED) is 0.753. The van der Waals surface area contributed by atoms with Gasteiger partial charge in [-0.25, -0.2) is 4.39 Å². The van der Waals surface area contributed by atoms with Crippen molar-refractivity contribution in [2.24, 2.45) is 5.92 Å². The Hall–Kier alpha value is -1.09. The molecule has 0 amide bonds. The van der Waals surface area contributed by atoms with Crippen molar-refractivity contribution in [3.05, 3.63) is 59.8 Å². The molecule has 0 saturated heterocycles. The lowest BCUT2D eigenvalue weighted by atomic mass is 9.95. The number of halogens is 2. The molecule has 1 aromatic carbocycles. The van der Waals surface area contributed by atoms with Crippen LogP contribution in [0.15, 0.2) is 47.3 Å². The molecule has 0 spiro atoms. The van der Waals surface area contributed by atoms with Gasteiger partial charge in [-0.2, -0.15) is 0 Å². The molecule has 2 rings (SSSR count). The van der Waals surface area contributed by atoms with Crippen molar-refractivity contribution in [3.8, 4) is 0 Å². The second kappa shape index (κ2) is 6.01. The van der Waals surface area contributed by atoms with Crippen LogP contribution in [0.2, 0.25) is 0 Å². The number of alkyl halides is 1. The molecule has 0 N–H and O–H groups in total. The van der Waals surface area contributed by atoms with E-state index in [4.69, 9.17) is 4.42 Å². The SMILES string of the molecule is Fc1ccc(CC(CBr)Cc2ccoc2)cc1. The van der Waals surface area contributed by atoms with Gasteiger partial charge in [0.15, 0.2) is 0 Å². The molecule has 0 bridgehead atoms. The standard InChI is InChI=1S/C14H14BrFO/c15-9-13(8-12-5-6-17-10-12)7-11-1-3-14(16)4-2-11/h1-6,10,13H,7-9H2. The molecule has 1 aromatic heterocycles. The maximum atomic E-state index is 12.8. The number of hydrogen-bond acceptors (Lipinski definition) is 1. The molecule has 1 atom stereocenters. The van der Waals surface area contributed by atoms with Crippen molar-refractivity contribution in [3.63, 3.8) is 0 Å². The van der Waals surface area contributed by atoms with Crippen LogP contribution in [0.5, 0.6) is 0 Å². The van der Waals surface area contributed by atoms with E-state index in [0.717, 1.165) is 18.2 Å². The summed E-state index contributed by atoms with van der Waals surface area (Å²) < 4.78 is 17.9. The lowest BCUT2D eigenvalue weighted by Gasteiger charge is -2.12. The van der Waals surface area contributed by atoms with E-state index >= 15 is 0 Å². The predicted molar refractivity (Wildman–Crippen MR) is 69.8 cm³/mol. The van der Waals surface area contributed by atoms with E-state index in [-0.39, 0.29) is 5.82 Å². The lowest BCUT2D eigenvalue weighted by Crippen LogP contribution is -2.09. The summed E-state index contributed by atoms with van der Waals surface area (Å²) in [6, 6.07) is 8.71. The van der Waals surface area contributed by atoms with Crippen LogP contribution < -0.4 is 0 Å². The number of hydrogen-bond donors (Lipinski definition) is 0. The van der Waals surface area contributed by atoms with Gasteiger partial charge < -0.3 is 4.42 Å². The van der Waals surface area contributed by atoms with Crippen LogP contribution in [0.4, 0.5) is 4.39 Å². The zero-order valence-electron chi connectivity index (χ0n) is 9.40. The van der Waals surface area contributed by atoms with Gasteiger partial charge in [0.2, 0.25) is 0 Å². The molecule has 3 heteroatoms. The molecule has 0 aliphatic carbocycles. The van der Waals surface area contributed by atoms with Crippen LogP contribution in [0.3, 0.4) is 0 Å². The molecule has 2 aromatic rings. The fourth-order valence-corrected chi connectivity index (χ4v) is 2.34. The monoisotopic (exact) mass is 296 g/mol. The Morgan fingerprint density at radius 1 is 1.06 bits per heavy atom. The second-order valence-electron chi connectivity index (χ2n) is 4.19. The van der Waals surface area contributed by atoms with Crippen LogP contribution >= 0.6 is 15.9 Å². The summed E-state index contributed by atoms with van der Waals surface area (Å²) in [5.41, 5.74) is 2.37. The van der Waals surface area contributed by atoms with Crippen LogP contribution in [0.1, 0.15) is 11.1 Å². The summed E-state index contributed by atoms with van der Waals surface area (Å²) in [5, 5.41) is 0.926. The predicted octanol–water partition coefficient (Wildman–Crippen LogP) is 4.22. The summed E-state index contributed by atoms with van der Waals surface area (Å²) >= 11 is 3.53. The minimum absolute atomic E-state index is 0.182. The molecule has 1 nitrogen and oxygen atoms in total. The number of rotatable bonds is 5. The fraction of sp³-hybridized carbons (Fsp3) is 0.286. The van der Waals surface area contributed by atoms with Gasteiger partial charge in [-0.15, -0.1) is 0 Å². The van der Waals surface area contributed by atoms with Crippen molar-refractivity contribution in [2.75, 3.05) is 5.33 Å². The van der Waals surface area contributed by atoms with Gasteiger partial charge in [-0.05, 0) is 48.1 Å². The first-order valence-electron chi connectivity index (χ1n) is 5.59. The normalized spacial score (nSPS) is 12.6. The van der Waals surface area contributed by atoms with Gasteiger partial charge in [0, 0.05) is 5.33 Å². The topological polar surface area (TPSA) is 13.1 Å². The molecule has 0 fully saturated rings. The van der Waals surface area contributed by atoms with Gasteiger partial charge in [0.05, 0.1) is 12.5 Å². The van der Waals surface area contributed by atoms with Crippen molar-refractivity contribution < 1.29 is 8.81 Å². The molecule has 17 heavy (non-hydrogen) atoms. The maximum absolute atomic E-state index is 12.8. The van der Waals surface area contributed by atoms with Gasteiger partial charge >= 0.3 is 0 Å². The zero-order valence-corrected chi connectivity index (χ0v) is 11.0. The first-order valence-corrected chi connectivity index (χ1v) is 6.71. The van der Waals surface area contributed by atoms with Crippen molar-refractivity contribution >= 4 is 15.9 Å². The lowest BCUT2D eigenvalue weighted by molar-refractivity contribution is 0.549. The molecule has 0 radical (unpaired) electrons. The Morgan fingerprint density at radius 3 is 2.35 bits per heavy atom. The van der Waals surface area contributed by atoms with Gasteiger partial charge in [-0.1, -0.05) is 28.1 Å². The number of benzene rings is 1. The largest absolute Gasteiger partial charge is 0.472 e. The van der Waals surface area contributed by atoms with Crippen LogP contribution in [0.25, 0.3) is 0 Å². The highest BCUT2D eigenvalue weighted by molar-refractivity contribution is 9.09. The summed E-state index contributed by atoms with van der Waals surface area (Å²) in [6.07, 6.45) is 5.38. The molecule has 0 saturated carbocycles. The second-order valence-corrected chi connectivity index (χ2v) is 4.83. The Bertz CT molecular complexity index is 436. The zero-order chi connectivity index (χ0) is 12.1. The molecule has 90 valence electrons. The Balaban J connectivity index is 1.97. The maximum Gasteiger partial charge on any atom is 0.123 e. The fourth-order valence-electron chi connectivity index (χ4n) is 1.88. The first-order chi connectivity index (χ1) is 8.28. The Kier molecular flexibility index (Phi) is 4.37. The minimum atomic E-state index is -0.182. The molecular formula is C14H14BrFO. The highest BCUT2D eigenvalue weighted by atomic mass is 79.9. The first kappa shape index (κ1) is 12.4. The van der Waals surface area contributed by atoms with Gasteiger partial charge in [0.25, 0.3) is 0 Å². The van der Waals surface area contributed by atoms with Crippen molar-refractivity contribution in [1.82, 2.24) is 0 Å². The molecule has 1 unspecified atom stereocenters. The highest BCUT2D eigenvalue weighted by Gasteiger charge is 2.10. The van der Waals surface area contributed by atoms with E-state index in [0.29, 0.717) is 5.92 Å². The van der Waals surface area contributed by atoms with Crippen LogP contribution in [0, 0.1) is 11.7 Å². The smallest absolute Gasteiger partial charge is 0.123 e. The summed E-state index contributed by atoms with van der Waals surface area (Å²) in [6.45, 7) is 0. The van der Waals surface area contributed by atoms with Gasteiger partial charge in [0.1, 0.15) is 5.82 Å². The average Bonchev–Trinajstić information content (AvgIpc) is 2.84. The Morgan fingerprint density at radius 2 is 1.76 bits per heavy atom. The van der Waals surface area contributed by atoms with Crippen LogP contribution in [-0.4, -0.2) is 5.33 Å². The average molecular weight is 297 g/mol. The van der Waals surface area contributed by atoms with E-state index in [1.807, 2.05) is 18.2 Å². The van der Waals surface area contributed by atoms with Crippen molar-refractivity contribution in [1.29, 1.82) is 0 Å². The van der Waals surface area contributed by atoms with E-state index in [1.165, 1.54) is 23.3 Å². The highest BCUT2D eigenvalue weighted by Crippen LogP contribution is 2.17. The minimum Gasteiger partial charge on any atom is -0.472 e. The number of furan rings is 1. The molecule has 0 aliphatic rings. The third-order valence-electron chi connectivity index (χ3n) is 2.76. The van der Waals surface area contributed by atoms with E-state index < -0.39 is 0 Å². The molecule has 0 aliphatic heterocycles. The Labute approximate surface area is 109 Å². The van der Waals surface area contributed by atoms with E-state index in [1.54, 1.807) is 12.5 Å². The molecule has 1 heterocycles. The van der Waals surface area contributed by atoms with E-state index in [2.05, 4.69) is 15.9 Å². The third-order valence-corrected chi connectivity index (χ3v) is 3.68. The summed E-state index contributed by atoms with van der Waals surface area (Å²) in [4.78, 5) is 0. The van der Waals surface area contributed by atoms with Crippen LogP contribution in [-0.2, 0) is 12.8 Å². The summed E-state index contributed by atoms with van der Waals surface area (Å²) in [5.74, 6) is 0.317. The van der Waals surface area contributed by atoms with Gasteiger partial charge in [-0.3, -0.25) is 0 Å². The van der Waals surface area contributed by atoms with Crippen molar-refractivity contribution in [2.45, 2.75) is 12.8 Å². The third kappa shape index (κ3) is 3.70.